The number of rotatable bonds is 9. The van der Waals surface area contributed by atoms with Crippen LogP contribution in [0.3, 0.4) is 0 Å². The van der Waals surface area contributed by atoms with Gasteiger partial charge in [-0.1, -0.05) is 17.7 Å². The molecule has 0 unspecified atom stereocenters. The summed E-state index contributed by atoms with van der Waals surface area (Å²) in [4.78, 5) is 1.70. The van der Waals surface area contributed by atoms with Gasteiger partial charge in [-0.2, -0.15) is 0 Å². The van der Waals surface area contributed by atoms with Crippen LogP contribution in [0.25, 0.3) is 0 Å². The van der Waals surface area contributed by atoms with Gasteiger partial charge in [-0.3, -0.25) is 0 Å². The molecule has 0 spiro atoms. The van der Waals surface area contributed by atoms with Crippen LogP contribution in [0.5, 0.6) is 5.75 Å². The van der Waals surface area contributed by atoms with Crippen molar-refractivity contribution in [2.75, 3.05) is 26.2 Å². The fourth-order valence-corrected chi connectivity index (χ4v) is 2.83. The smallest absolute Gasteiger partial charge is 0.125 e. The maximum atomic E-state index is 5.98. The summed E-state index contributed by atoms with van der Waals surface area (Å²) in [6, 6.07) is 4.40. The number of hydrogen-bond acceptors (Lipinski definition) is 1. The first-order chi connectivity index (χ1) is 9.58. The van der Waals surface area contributed by atoms with E-state index in [0.717, 1.165) is 18.8 Å². The van der Waals surface area contributed by atoms with E-state index < -0.39 is 0 Å². The number of benzene rings is 1. The highest BCUT2D eigenvalue weighted by atomic mass is 16.5. The highest BCUT2D eigenvalue weighted by molar-refractivity contribution is 5.42. The van der Waals surface area contributed by atoms with Crippen molar-refractivity contribution in [1.29, 1.82) is 0 Å². The predicted octanol–water partition coefficient (Wildman–Crippen LogP) is 3.09. The SMILES string of the molecule is CC[NH+](CC)CCCCCOc1c(C)cc(C)cc1C. The molecule has 1 aromatic rings. The van der Waals surface area contributed by atoms with Crippen molar-refractivity contribution in [1.82, 2.24) is 0 Å². The first-order valence-corrected chi connectivity index (χ1v) is 8.12. The highest BCUT2D eigenvalue weighted by Gasteiger charge is 2.05. The van der Waals surface area contributed by atoms with E-state index in [0.29, 0.717) is 0 Å². The van der Waals surface area contributed by atoms with Crippen LogP contribution in [0.15, 0.2) is 12.1 Å². The van der Waals surface area contributed by atoms with E-state index in [1.54, 1.807) is 4.90 Å². The molecule has 20 heavy (non-hydrogen) atoms. The molecule has 114 valence electrons. The number of hydrogen-bond donors (Lipinski definition) is 1. The molecule has 2 nitrogen and oxygen atoms in total. The van der Waals surface area contributed by atoms with Crippen LogP contribution in [-0.4, -0.2) is 26.2 Å². The van der Waals surface area contributed by atoms with Crippen molar-refractivity contribution in [3.63, 3.8) is 0 Å². The lowest BCUT2D eigenvalue weighted by Crippen LogP contribution is -3.11. The average Bonchev–Trinajstić information content (AvgIpc) is 2.40. The van der Waals surface area contributed by atoms with Crippen LogP contribution in [-0.2, 0) is 0 Å². The third-order valence-electron chi connectivity index (χ3n) is 4.03. The molecule has 0 radical (unpaired) electrons. The molecule has 1 aromatic carbocycles. The minimum atomic E-state index is 0.846. The number of quaternary nitrogens is 1. The van der Waals surface area contributed by atoms with Crippen LogP contribution >= 0.6 is 0 Å². The van der Waals surface area contributed by atoms with Crippen molar-refractivity contribution >= 4 is 0 Å². The Labute approximate surface area is 125 Å². The molecule has 1 rings (SSSR count). The Bertz CT molecular complexity index is 373. The van der Waals surface area contributed by atoms with E-state index >= 15 is 0 Å². The van der Waals surface area contributed by atoms with E-state index in [9.17, 15) is 0 Å². The van der Waals surface area contributed by atoms with Crippen molar-refractivity contribution in [2.45, 2.75) is 53.9 Å². The van der Waals surface area contributed by atoms with Gasteiger partial charge in [0.25, 0.3) is 0 Å². The lowest BCUT2D eigenvalue weighted by Gasteiger charge is -2.15. The zero-order valence-electron chi connectivity index (χ0n) is 14.0. The summed E-state index contributed by atoms with van der Waals surface area (Å²) < 4.78 is 5.98. The Morgan fingerprint density at radius 3 is 2.05 bits per heavy atom. The van der Waals surface area contributed by atoms with E-state index in [2.05, 4.69) is 46.8 Å². The van der Waals surface area contributed by atoms with Crippen molar-refractivity contribution < 1.29 is 9.64 Å². The zero-order valence-corrected chi connectivity index (χ0v) is 14.0. The summed E-state index contributed by atoms with van der Waals surface area (Å²) in [6.45, 7) is 15.6. The summed E-state index contributed by atoms with van der Waals surface area (Å²) in [7, 11) is 0. The second-order valence-electron chi connectivity index (χ2n) is 5.84. The summed E-state index contributed by atoms with van der Waals surface area (Å²) >= 11 is 0. The van der Waals surface area contributed by atoms with E-state index in [-0.39, 0.29) is 0 Å². The topological polar surface area (TPSA) is 13.7 Å². The number of ether oxygens (including phenoxy) is 1. The van der Waals surface area contributed by atoms with Gasteiger partial charge >= 0.3 is 0 Å². The molecular weight excluding hydrogens is 246 g/mol. The summed E-state index contributed by atoms with van der Waals surface area (Å²) in [5.74, 6) is 1.09. The molecule has 0 heterocycles. The van der Waals surface area contributed by atoms with Gasteiger partial charge in [-0.25, -0.2) is 0 Å². The number of unbranched alkanes of at least 4 members (excludes halogenated alkanes) is 2. The second kappa shape index (κ2) is 9.02. The van der Waals surface area contributed by atoms with Crippen molar-refractivity contribution in [2.24, 2.45) is 0 Å². The molecule has 0 aromatic heterocycles. The molecule has 0 fully saturated rings. The molecule has 0 saturated carbocycles. The van der Waals surface area contributed by atoms with Gasteiger partial charge in [0.1, 0.15) is 5.75 Å². The summed E-state index contributed by atoms with van der Waals surface area (Å²) in [5, 5.41) is 0. The summed E-state index contributed by atoms with van der Waals surface area (Å²) in [6.07, 6.45) is 3.74. The van der Waals surface area contributed by atoms with Crippen LogP contribution in [0.2, 0.25) is 0 Å². The fourth-order valence-electron chi connectivity index (χ4n) is 2.83. The Hall–Kier alpha value is -1.02. The van der Waals surface area contributed by atoms with Crippen LogP contribution in [0.4, 0.5) is 0 Å². The molecule has 0 aliphatic rings. The Morgan fingerprint density at radius 1 is 0.900 bits per heavy atom. The standard InChI is InChI=1S/C18H31NO/c1-6-19(7-2)11-9-8-10-12-20-18-16(4)13-15(3)14-17(18)5/h13-14H,6-12H2,1-5H3/p+1. The molecule has 0 aliphatic carbocycles. The van der Waals surface area contributed by atoms with Crippen LogP contribution in [0.1, 0.15) is 49.8 Å². The van der Waals surface area contributed by atoms with Gasteiger partial charge in [0.15, 0.2) is 0 Å². The van der Waals surface area contributed by atoms with Crippen LogP contribution in [0, 0.1) is 20.8 Å². The predicted molar refractivity (Wildman–Crippen MR) is 86.9 cm³/mol. The monoisotopic (exact) mass is 278 g/mol. The van der Waals surface area contributed by atoms with Gasteiger partial charge in [0, 0.05) is 0 Å². The first-order valence-electron chi connectivity index (χ1n) is 8.12. The molecular formula is C18H32NO+. The average molecular weight is 278 g/mol. The maximum absolute atomic E-state index is 5.98. The van der Waals surface area contributed by atoms with E-state index in [1.807, 2.05) is 0 Å². The maximum Gasteiger partial charge on any atom is 0.125 e. The normalized spacial score (nSPS) is 11.1. The molecule has 0 atom stereocenters. The van der Waals surface area contributed by atoms with Gasteiger partial charge < -0.3 is 9.64 Å². The molecule has 1 N–H and O–H groups in total. The van der Waals surface area contributed by atoms with E-state index in [1.165, 1.54) is 49.2 Å². The lowest BCUT2D eigenvalue weighted by atomic mass is 10.1. The minimum absolute atomic E-state index is 0.846. The van der Waals surface area contributed by atoms with Crippen molar-refractivity contribution in [3.05, 3.63) is 28.8 Å². The molecule has 0 aliphatic heterocycles. The van der Waals surface area contributed by atoms with Crippen molar-refractivity contribution in [3.8, 4) is 5.75 Å². The fraction of sp³-hybridized carbons (Fsp3) is 0.667. The third kappa shape index (κ3) is 5.54. The third-order valence-corrected chi connectivity index (χ3v) is 4.03. The molecule has 0 saturated heterocycles. The highest BCUT2D eigenvalue weighted by Crippen LogP contribution is 2.24. The Kier molecular flexibility index (Phi) is 7.68. The quantitative estimate of drug-likeness (QED) is 0.685. The number of aryl methyl sites for hydroxylation is 3. The zero-order chi connectivity index (χ0) is 15.0. The second-order valence-corrected chi connectivity index (χ2v) is 5.84. The minimum Gasteiger partial charge on any atom is -0.493 e. The molecule has 0 amide bonds. The largest absolute Gasteiger partial charge is 0.493 e. The lowest BCUT2D eigenvalue weighted by molar-refractivity contribution is -0.896. The molecule has 0 bridgehead atoms. The molecule has 2 heteroatoms. The van der Waals surface area contributed by atoms with Gasteiger partial charge in [0.2, 0.25) is 0 Å². The summed E-state index contributed by atoms with van der Waals surface area (Å²) in [5.41, 5.74) is 3.83. The van der Waals surface area contributed by atoms with Crippen LogP contribution < -0.4 is 9.64 Å². The van der Waals surface area contributed by atoms with Gasteiger partial charge in [0.05, 0.1) is 26.2 Å². The Morgan fingerprint density at radius 2 is 1.50 bits per heavy atom. The van der Waals surface area contributed by atoms with Gasteiger partial charge in [-0.05, 0) is 65.0 Å². The first kappa shape index (κ1) is 17.0. The Balaban J connectivity index is 2.25. The van der Waals surface area contributed by atoms with Gasteiger partial charge in [-0.15, -0.1) is 0 Å². The van der Waals surface area contributed by atoms with E-state index in [4.69, 9.17) is 4.74 Å². The number of nitrogens with one attached hydrogen (secondary N) is 1.